The lowest BCUT2D eigenvalue weighted by Gasteiger charge is -2.31. The van der Waals surface area contributed by atoms with Crippen LogP contribution in [0.4, 0.5) is 0 Å². The van der Waals surface area contributed by atoms with Gasteiger partial charge in [-0.1, -0.05) is 21.6 Å². The Kier molecular flexibility index (Phi) is 7.09. The molecule has 2 aliphatic rings. The Morgan fingerprint density at radius 3 is 1.38 bits per heavy atom. The minimum atomic E-state index is -1.03. The van der Waals surface area contributed by atoms with Crippen LogP contribution < -0.4 is 0 Å². The van der Waals surface area contributed by atoms with Crippen LogP contribution in [0, 0.1) is 32.1 Å². The predicted octanol–water partition coefficient (Wildman–Crippen LogP) is 2.17. The molecular formula is C14H20N2O8S2. The zero-order chi connectivity index (χ0) is 19.4. The maximum absolute atomic E-state index is 11.3. The van der Waals surface area contributed by atoms with Crippen molar-refractivity contribution in [2.24, 2.45) is 11.8 Å². The zero-order valence-corrected chi connectivity index (χ0v) is 15.4. The second-order valence-electron chi connectivity index (χ2n) is 6.67. The summed E-state index contributed by atoms with van der Waals surface area (Å²) >= 11 is 0. The molecule has 0 spiro atoms. The fraction of sp³-hybridized carbons (Fsp3) is 0.857. The predicted molar refractivity (Wildman–Crippen MR) is 94.3 cm³/mol. The van der Waals surface area contributed by atoms with E-state index in [2.05, 4.69) is 0 Å². The summed E-state index contributed by atoms with van der Waals surface area (Å²) in [6.45, 7) is 0. The molecule has 0 radical (unpaired) electrons. The van der Waals surface area contributed by atoms with E-state index in [1.807, 2.05) is 0 Å². The molecule has 0 aromatic heterocycles. The number of hydrogen-bond donors (Lipinski definition) is 2. The number of carbonyl (C=O) groups is 2. The van der Waals surface area contributed by atoms with Crippen LogP contribution in [0.25, 0.3) is 0 Å². The molecule has 146 valence electrons. The molecule has 2 aliphatic carbocycles. The van der Waals surface area contributed by atoms with Gasteiger partial charge in [0.25, 0.3) is 0 Å². The van der Waals surface area contributed by atoms with Gasteiger partial charge in [-0.15, -0.1) is 0 Å². The number of nitrogens with zero attached hydrogens (tertiary/aromatic N) is 2. The molecule has 0 bridgehead atoms. The molecule has 0 aromatic carbocycles. The molecule has 0 aliphatic heterocycles. The molecule has 6 atom stereocenters. The van der Waals surface area contributed by atoms with E-state index in [-0.39, 0.29) is 12.8 Å². The molecule has 2 N–H and O–H groups in total. The minimum absolute atomic E-state index is 0.0367. The Hall–Kier alpha value is -1.56. The third-order valence-corrected chi connectivity index (χ3v) is 8.57. The Balaban J connectivity index is 1.97. The first-order chi connectivity index (χ1) is 12.2. The van der Waals surface area contributed by atoms with E-state index in [0.29, 0.717) is 25.7 Å². The van der Waals surface area contributed by atoms with E-state index >= 15 is 0 Å². The third-order valence-electron chi connectivity index (χ3n) is 5.05. The molecule has 12 heteroatoms. The molecule has 2 fully saturated rings. The number of rotatable bonds is 7. The average molecular weight is 408 g/mol. The third kappa shape index (κ3) is 5.00. The van der Waals surface area contributed by atoms with Crippen LogP contribution in [0.15, 0.2) is 0 Å². The van der Waals surface area contributed by atoms with Gasteiger partial charge in [-0.2, -0.15) is 0 Å². The van der Waals surface area contributed by atoms with E-state index in [4.69, 9.17) is 10.2 Å². The van der Waals surface area contributed by atoms with Crippen molar-refractivity contribution >= 4 is 33.5 Å². The second-order valence-corrected chi connectivity index (χ2v) is 9.42. The van der Waals surface area contributed by atoms with Gasteiger partial charge in [0.05, 0.1) is 22.3 Å². The molecule has 10 nitrogen and oxygen atoms in total. The quantitative estimate of drug-likeness (QED) is 0.363. The fourth-order valence-corrected chi connectivity index (χ4v) is 7.13. The summed E-state index contributed by atoms with van der Waals surface area (Å²) < 4.78 is 0. The number of carboxylic acids is 2. The van der Waals surface area contributed by atoms with Crippen molar-refractivity contribution in [3.05, 3.63) is 20.2 Å². The highest BCUT2D eigenvalue weighted by Crippen LogP contribution is 2.45. The normalized spacial score (nSPS) is 34.8. The molecule has 26 heavy (non-hydrogen) atoms. The highest BCUT2D eigenvalue weighted by atomic mass is 33.1. The summed E-state index contributed by atoms with van der Waals surface area (Å²) in [5, 5.41) is 39.9. The van der Waals surface area contributed by atoms with Crippen LogP contribution >= 0.6 is 21.6 Å². The van der Waals surface area contributed by atoms with Gasteiger partial charge in [0.1, 0.15) is 0 Å². The molecule has 0 heterocycles. The molecule has 2 rings (SSSR count). The van der Waals surface area contributed by atoms with Gasteiger partial charge in [0, 0.05) is 22.7 Å². The van der Waals surface area contributed by atoms with Crippen molar-refractivity contribution in [1.29, 1.82) is 0 Å². The summed E-state index contributed by atoms with van der Waals surface area (Å²) in [5.74, 6) is -3.53. The van der Waals surface area contributed by atoms with Gasteiger partial charge >= 0.3 is 11.9 Å². The standard InChI is InChI=1S/C14H20N2O8S2/c17-13(18)7-1-3-11(9(5-7)15(21)22)25-26-12-4-2-8(14(19)20)6-10(12)16(23)24/h7-12H,1-6H2,(H,17,18)(H,19,20)/t7-,8+,9-,10+,11-,12-/m1/s1. The van der Waals surface area contributed by atoms with Gasteiger partial charge in [-0.25, -0.2) is 0 Å². The highest BCUT2D eigenvalue weighted by Gasteiger charge is 2.45. The van der Waals surface area contributed by atoms with Crippen molar-refractivity contribution in [3.63, 3.8) is 0 Å². The molecule has 0 unspecified atom stereocenters. The maximum atomic E-state index is 11.3. The highest BCUT2D eigenvalue weighted by molar-refractivity contribution is 8.77. The van der Waals surface area contributed by atoms with Gasteiger partial charge in [0.2, 0.25) is 12.1 Å². The number of carboxylic acid groups (broad SMARTS) is 2. The van der Waals surface area contributed by atoms with Crippen molar-refractivity contribution in [1.82, 2.24) is 0 Å². The lowest BCUT2D eigenvalue weighted by atomic mass is 9.85. The smallest absolute Gasteiger partial charge is 0.306 e. The van der Waals surface area contributed by atoms with Gasteiger partial charge in [-0.3, -0.25) is 29.8 Å². The van der Waals surface area contributed by atoms with Gasteiger partial charge in [-0.05, 0) is 25.7 Å². The van der Waals surface area contributed by atoms with E-state index in [1.165, 1.54) is 21.6 Å². The number of hydrogen-bond acceptors (Lipinski definition) is 8. The van der Waals surface area contributed by atoms with Gasteiger partial charge in [0.15, 0.2) is 0 Å². The zero-order valence-electron chi connectivity index (χ0n) is 13.8. The number of aliphatic carboxylic acids is 2. The van der Waals surface area contributed by atoms with E-state index in [0.717, 1.165) is 0 Å². The first-order valence-corrected chi connectivity index (χ1v) is 10.5. The first-order valence-electron chi connectivity index (χ1n) is 8.25. The van der Waals surface area contributed by atoms with Crippen molar-refractivity contribution in [3.8, 4) is 0 Å². The summed E-state index contributed by atoms with van der Waals surface area (Å²) in [6.07, 6.45) is 1.36. The average Bonchev–Trinajstić information content (AvgIpc) is 2.59. The molecule has 2 saturated carbocycles. The molecule has 0 aromatic rings. The summed E-state index contributed by atoms with van der Waals surface area (Å²) in [4.78, 5) is 43.8. The first kappa shape index (κ1) is 20.7. The molecular weight excluding hydrogens is 388 g/mol. The van der Waals surface area contributed by atoms with Crippen LogP contribution in [-0.2, 0) is 9.59 Å². The lowest BCUT2D eigenvalue weighted by Crippen LogP contribution is -2.41. The van der Waals surface area contributed by atoms with E-state index in [9.17, 15) is 29.8 Å². The molecule has 0 amide bonds. The Labute approximate surface area is 156 Å². The van der Waals surface area contributed by atoms with E-state index in [1.54, 1.807) is 0 Å². The van der Waals surface area contributed by atoms with Crippen molar-refractivity contribution in [2.75, 3.05) is 0 Å². The molecule has 0 saturated heterocycles. The second kappa shape index (κ2) is 8.89. The monoisotopic (exact) mass is 408 g/mol. The topological polar surface area (TPSA) is 161 Å². The van der Waals surface area contributed by atoms with Crippen molar-refractivity contribution < 1.29 is 29.6 Å². The minimum Gasteiger partial charge on any atom is -0.481 e. The van der Waals surface area contributed by atoms with Crippen LogP contribution in [0.1, 0.15) is 38.5 Å². The Bertz CT molecular complexity index is 539. The van der Waals surface area contributed by atoms with Crippen LogP contribution in [0.5, 0.6) is 0 Å². The van der Waals surface area contributed by atoms with Crippen LogP contribution in [0.2, 0.25) is 0 Å². The largest absolute Gasteiger partial charge is 0.481 e. The van der Waals surface area contributed by atoms with Crippen molar-refractivity contribution in [2.45, 2.75) is 61.1 Å². The number of nitro groups is 2. The van der Waals surface area contributed by atoms with Gasteiger partial charge < -0.3 is 10.2 Å². The van der Waals surface area contributed by atoms with Crippen LogP contribution in [-0.4, -0.2) is 54.6 Å². The Morgan fingerprint density at radius 1 is 0.769 bits per heavy atom. The maximum Gasteiger partial charge on any atom is 0.306 e. The SMILES string of the molecule is O=C(O)[C@@H]1CC[C@@H](SS[C@@H]2CC[C@H](C(=O)O)C[C@@H]2[N+](=O)[O-])[C@H]([N+](=O)[O-])C1. The Morgan fingerprint density at radius 2 is 1.12 bits per heavy atom. The summed E-state index contributed by atoms with van der Waals surface area (Å²) in [6, 6.07) is -1.99. The van der Waals surface area contributed by atoms with E-state index < -0.39 is 56.2 Å². The lowest BCUT2D eigenvalue weighted by molar-refractivity contribution is -0.526. The summed E-state index contributed by atoms with van der Waals surface area (Å²) in [7, 11) is 2.43. The summed E-state index contributed by atoms with van der Waals surface area (Å²) in [5.41, 5.74) is 0. The van der Waals surface area contributed by atoms with Crippen LogP contribution in [0.3, 0.4) is 0 Å². The fourth-order valence-electron chi connectivity index (χ4n) is 3.50.